The molecule has 0 fully saturated rings. The van der Waals surface area contributed by atoms with Gasteiger partial charge in [-0.2, -0.15) is 4.98 Å². The first kappa shape index (κ1) is 19.6. The summed E-state index contributed by atoms with van der Waals surface area (Å²) in [6, 6.07) is 10.4. The fourth-order valence-corrected chi connectivity index (χ4v) is 3.35. The Labute approximate surface area is 165 Å². The number of nitrogens with zero attached hydrogens (tertiary/aromatic N) is 2. The van der Waals surface area contributed by atoms with Gasteiger partial charge in [-0.25, -0.2) is 18.2 Å². The van der Waals surface area contributed by atoms with Gasteiger partial charge in [-0.15, -0.1) is 0 Å². The Bertz CT molecular complexity index is 962. The van der Waals surface area contributed by atoms with E-state index in [-0.39, 0.29) is 11.6 Å². The molecule has 0 unspecified atom stereocenters. The number of rotatable bonds is 7. The number of hydrogen-bond acceptors (Lipinski definition) is 6. The Balaban J connectivity index is 1.83. The van der Waals surface area contributed by atoms with Crippen molar-refractivity contribution in [2.75, 3.05) is 18.4 Å². The molecule has 3 aromatic rings. The number of benzene rings is 1. The zero-order valence-corrected chi connectivity index (χ0v) is 16.3. The number of ether oxygens (including phenoxy) is 2. The van der Waals surface area contributed by atoms with Crippen molar-refractivity contribution in [3.63, 3.8) is 0 Å². The van der Waals surface area contributed by atoms with E-state index in [4.69, 9.17) is 4.74 Å². The highest BCUT2D eigenvalue weighted by Crippen LogP contribution is 2.34. The molecule has 0 bridgehead atoms. The lowest BCUT2D eigenvalue weighted by Gasteiger charge is -2.13. The Morgan fingerprint density at radius 2 is 2.00 bits per heavy atom. The highest BCUT2D eigenvalue weighted by atomic mass is 79.9. The molecule has 1 aromatic carbocycles. The van der Waals surface area contributed by atoms with E-state index >= 15 is 0 Å². The van der Waals surface area contributed by atoms with Crippen molar-refractivity contribution in [2.45, 2.75) is 11.3 Å². The van der Waals surface area contributed by atoms with Crippen molar-refractivity contribution in [1.82, 2.24) is 9.97 Å². The van der Waals surface area contributed by atoms with Crippen molar-refractivity contribution in [1.29, 1.82) is 0 Å². The third-order valence-corrected chi connectivity index (χ3v) is 4.72. The molecule has 0 radical (unpaired) electrons. The van der Waals surface area contributed by atoms with E-state index in [2.05, 4.69) is 35.4 Å². The summed E-state index contributed by atoms with van der Waals surface area (Å²) < 4.78 is 52.0. The Morgan fingerprint density at radius 1 is 1.19 bits per heavy atom. The number of alkyl halides is 2. The van der Waals surface area contributed by atoms with Crippen LogP contribution in [-0.4, -0.2) is 30.1 Å². The molecule has 27 heavy (non-hydrogen) atoms. The van der Waals surface area contributed by atoms with E-state index in [0.29, 0.717) is 0 Å². The van der Waals surface area contributed by atoms with Crippen LogP contribution in [-0.2, 0) is 0 Å². The summed E-state index contributed by atoms with van der Waals surface area (Å²) >= 11 is 4.55. The van der Waals surface area contributed by atoms with Gasteiger partial charge >= 0.3 is 0 Å². The van der Waals surface area contributed by atoms with Crippen LogP contribution in [0.15, 0.2) is 45.9 Å². The van der Waals surface area contributed by atoms with Gasteiger partial charge in [0, 0.05) is 16.3 Å². The summed E-state index contributed by atoms with van der Waals surface area (Å²) in [7, 11) is 1.34. The number of halogens is 4. The molecule has 0 aliphatic carbocycles. The number of anilines is 1. The summed E-state index contributed by atoms with van der Waals surface area (Å²) in [6.45, 7) is -0.951. The maximum Gasteiger partial charge on any atom is 0.272 e. The number of pyridine rings is 2. The van der Waals surface area contributed by atoms with Crippen LogP contribution in [0, 0.1) is 5.82 Å². The van der Waals surface area contributed by atoms with Crippen molar-refractivity contribution >= 4 is 44.5 Å². The summed E-state index contributed by atoms with van der Waals surface area (Å²) in [5.74, 6) is -1.39. The highest BCUT2D eigenvalue weighted by molar-refractivity contribution is 9.10. The smallest absolute Gasteiger partial charge is 0.272 e. The van der Waals surface area contributed by atoms with Crippen LogP contribution in [0.1, 0.15) is 0 Å². The van der Waals surface area contributed by atoms with Crippen LogP contribution in [0.25, 0.3) is 10.9 Å². The molecular formula is C17H13BrF3N3O2S. The van der Waals surface area contributed by atoms with Gasteiger partial charge in [-0.1, -0.05) is 6.07 Å². The predicted octanol–water partition coefficient (Wildman–Crippen LogP) is 5.30. The van der Waals surface area contributed by atoms with Crippen LogP contribution in [0.3, 0.4) is 0 Å². The Hall–Kier alpha value is -2.20. The molecule has 0 amide bonds. The van der Waals surface area contributed by atoms with E-state index in [9.17, 15) is 13.2 Å². The number of methoxy groups -OCH3 is 1. The number of hydrogen-bond donors (Lipinski definition) is 1. The molecule has 0 saturated heterocycles. The van der Waals surface area contributed by atoms with Gasteiger partial charge in [0.1, 0.15) is 10.3 Å². The lowest BCUT2D eigenvalue weighted by atomic mass is 10.2. The van der Waals surface area contributed by atoms with Crippen molar-refractivity contribution < 1.29 is 22.6 Å². The number of aromatic nitrogens is 2. The maximum absolute atomic E-state index is 14.1. The quantitative estimate of drug-likeness (QED) is 0.382. The van der Waals surface area contributed by atoms with E-state index in [1.807, 2.05) is 30.3 Å². The van der Waals surface area contributed by atoms with Crippen molar-refractivity contribution in [2.24, 2.45) is 0 Å². The third-order valence-electron chi connectivity index (χ3n) is 3.38. The van der Waals surface area contributed by atoms with Gasteiger partial charge in [0.2, 0.25) is 5.88 Å². The molecule has 1 N–H and O–H groups in total. The summed E-state index contributed by atoms with van der Waals surface area (Å²) in [6.07, 6.45) is -2.73. The normalized spacial score (nSPS) is 11.0. The highest BCUT2D eigenvalue weighted by Gasteiger charge is 2.16. The molecule has 0 atom stereocenters. The van der Waals surface area contributed by atoms with Gasteiger partial charge in [-0.3, -0.25) is 0 Å². The number of fused-ring (bicyclic) bond motifs is 1. The minimum absolute atomic E-state index is 0.0225. The van der Waals surface area contributed by atoms with Crippen LogP contribution >= 0.6 is 27.9 Å². The molecule has 2 heterocycles. The van der Waals surface area contributed by atoms with E-state index < -0.39 is 24.7 Å². The molecular weight excluding hydrogens is 447 g/mol. The molecule has 0 spiro atoms. The average Bonchev–Trinajstić information content (AvgIpc) is 2.64. The lowest BCUT2D eigenvalue weighted by molar-refractivity contribution is 0.0770. The van der Waals surface area contributed by atoms with Gasteiger partial charge in [0.15, 0.2) is 12.4 Å². The second kappa shape index (κ2) is 8.66. The van der Waals surface area contributed by atoms with Crippen LogP contribution in [0.4, 0.5) is 18.9 Å². The van der Waals surface area contributed by atoms with Crippen molar-refractivity contribution in [3.8, 4) is 11.8 Å². The van der Waals surface area contributed by atoms with Crippen LogP contribution in [0.5, 0.6) is 11.8 Å². The second-order valence-corrected chi connectivity index (χ2v) is 6.86. The molecule has 10 heteroatoms. The maximum atomic E-state index is 14.1. The monoisotopic (exact) mass is 459 g/mol. The molecule has 3 rings (SSSR count). The van der Waals surface area contributed by atoms with Gasteiger partial charge in [0.25, 0.3) is 12.3 Å². The second-order valence-electron chi connectivity index (χ2n) is 5.20. The molecule has 0 aliphatic rings. The van der Waals surface area contributed by atoms with E-state index in [1.54, 1.807) is 0 Å². The first-order chi connectivity index (χ1) is 13.0. The van der Waals surface area contributed by atoms with E-state index in [0.717, 1.165) is 26.5 Å². The molecule has 142 valence electrons. The summed E-state index contributed by atoms with van der Waals surface area (Å²) in [4.78, 5) is 9.04. The first-order valence-electron chi connectivity index (χ1n) is 7.61. The fraction of sp³-hybridized carbons (Fsp3) is 0.176. The molecule has 0 saturated carbocycles. The van der Waals surface area contributed by atoms with Gasteiger partial charge in [0.05, 0.1) is 12.6 Å². The molecule has 0 aliphatic heterocycles. The minimum Gasteiger partial charge on any atom is -0.479 e. The number of nitrogens with one attached hydrogen (secondary N) is 1. The molecule has 5 nitrogen and oxygen atoms in total. The standard InChI is InChI=1S/C17H13BrF3N3O2S/c1-25-17-12(7-10(19)16(23-17)26-8-15(20)21)24-27-13-4-2-3-11-9(13)5-6-14(18)22-11/h2-7,15,24H,8H2,1H3. The first-order valence-corrected chi connectivity index (χ1v) is 9.22. The zero-order valence-electron chi connectivity index (χ0n) is 13.9. The SMILES string of the molecule is COc1nc(OCC(F)F)c(F)cc1NSc1cccc2nc(Br)ccc12. The van der Waals surface area contributed by atoms with Crippen LogP contribution < -0.4 is 14.2 Å². The Kier molecular flexibility index (Phi) is 6.27. The summed E-state index contributed by atoms with van der Waals surface area (Å²) in [5.41, 5.74) is 1.04. The van der Waals surface area contributed by atoms with Gasteiger partial charge < -0.3 is 14.2 Å². The lowest BCUT2D eigenvalue weighted by Crippen LogP contribution is -2.10. The zero-order chi connectivity index (χ0) is 19.4. The third kappa shape index (κ3) is 4.75. The Morgan fingerprint density at radius 3 is 2.74 bits per heavy atom. The predicted molar refractivity (Wildman–Crippen MR) is 101 cm³/mol. The fourth-order valence-electron chi connectivity index (χ4n) is 2.23. The summed E-state index contributed by atoms with van der Waals surface area (Å²) in [5, 5.41) is 0.905. The molecule has 2 aromatic heterocycles. The van der Waals surface area contributed by atoms with Gasteiger partial charge in [-0.05, 0) is 52.1 Å². The topological polar surface area (TPSA) is 56.3 Å². The average molecular weight is 460 g/mol. The minimum atomic E-state index is -2.73. The van der Waals surface area contributed by atoms with E-state index in [1.165, 1.54) is 19.1 Å². The van der Waals surface area contributed by atoms with Crippen molar-refractivity contribution in [3.05, 3.63) is 46.8 Å². The van der Waals surface area contributed by atoms with Crippen LogP contribution in [0.2, 0.25) is 0 Å². The largest absolute Gasteiger partial charge is 0.479 e.